The van der Waals surface area contributed by atoms with Crippen molar-refractivity contribution in [2.75, 3.05) is 25.0 Å². The fourth-order valence-corrected chi connectivity index (χ4v) is 4.58. The van der Waals surface area contributed by atoms with E-state index in [2.05, 4.69) is 10.3 Å². The van der Waals surface area contributed by atoms with Gasteiger partial charge in [-0.25, -0.2) is 9.18 Å². The number of fused-ring (bicyclic) bond motifs is 1. The Morgan fingerprint density at radius 1 is 1.16 bits per heavy atom. The highest BCUT2D eigenvalue weighted by atomic mass is 19.1. The van der Waals surface area contributed by atoms with Crippen LogP contribution in [0.5, 0.6) is 0 Å². The van der Waals surface area contributed by atoms with E-state index >= 15 is 0 Å². The number of carbonyl (C=O) groups excluding carboxylic acids is 1. The van der Waals surface area contributed by atoms with Crippen molar-refractivity contribution in [3.8, 4) is 0 Å². The minimum atomic E-state index is -0.828. The van der Waals surface area contributed by atoms with Crippen molar-refractivity contribution in [3.63, 3.8) is 0 Å². The molecule has 1 fully saturated rings. The van der Waals surface area contributed by atoms with E-state index in [1.165, 1.54) is 6.07 Å². The van der Waals surface area contributed by atoms with E-state index < -0.39 is 5.97 Å². The third-order valence-corrected chi connectivity index (χ3v) is 6.16. The van der Waals surface area contributed by atoms with Crippen LogP contribution in [-0.4, -0.2) is 47.4 Å². The van der Waals surface area contributed by atoms with Crippen LogP contribution in [0, 0.1) is 17.7 Å². The molecule has 2 aliphatic heterocycles. The molecular weight excluding hydrogens is 397 g/mol. The Bertz CT molecular complexity index is 993. The molecule has 31 heavy (non-hydrogen) atoms. The standard InChI is InChI=1S/C24H26FN3O3/c25-19-6-7-21-17(12-19)8-10-26-22(21)13-18-15-28(11-9-16(18)14-23(29)30)24(31)27-20-4-2-1-3-5-20/h1-7,12,16,18H,8-11,13-15H2,(H,27,31)(H,29,30). The maximum atomic E-state index is 13.6. The van der Waals surface area contributed by atoms with Crippen LogP contribution in [-0.2, 0) is 11.2 Å². The molecular formula is C24H26FN3O3. The Labute approximate surface area is 180 Å². The normalized spacial score (nSPS) is 20.5. The summed E-state index contributed by atoms with van der Waals surface area (Å²) in [5.74, 6) is -1.15. The van der Waals surface area contributed by atoms with Gasteiger partial charge in [-0.15, -0.1) is 0 Å². The van der Waals surface area contributed by atoms with Crippen LogP contribution < -0.4 is 5.32 Å². The van der Waals surface area contributed by atoms with Crippen molar-refractivity contribution in [3.05, 3.63) is 65.5 Å². The molecule has 0 aromatic heterocycles. The molecule has 2 unspecified atom stereocenters. The first-order valence-electron chi connectivity index (χ1n) is 10.6. The summed E-state index contributed by atoms with van der Waals surface area (Å²) >= 11 is 0. The zero-order valence-electron chi connectivity index (χ0n) is 17.3. The number of piperidine rings is 1. The first-order chi connectivity index (χ1) is 15.0. The van der Waals surface area contributed by atoms with Crippen molar-refractivity contribution in [2.45, 2.75) is 25.7 Å². The van der Waals surface area contributed by atoms with Crippen LogP contribution in [0.2, 0.25) is 0 Å². The summed E-state index contributed by atoms with van der Waals surface area (Å²) in [4.78, 5) is 30.7. The Kier molecular flexibility index (Phi) is 6.30. The lowest BCUT2D eigenvalue weighted by molar-refractivity contribution is -0.138. The summed E-state index contributed by atoms with van der Waals surface area (Å²) in [6, 6.07) is 13.8. The third-order valence-electron chi connectivity index (χ3n) is 6.16. The number of anilines is 1. The number of hydrogen-bond donors (Lipinski definition) is 2. The molecule has 0 bridgehead atoms. The van der Waals surface area contributed by atoms with Gasteiger partial charge in [-0.3, -0.25) is 9.79 Å². The molecule has 0 radical (unpaired) electrons. The molecule has 2 heterocycles. The average Bonchev–Trinajstić information content (AvgIpc) is 2.75. The molecule has 0 aliphatic carbocycles. The smallest absolute Gasteiger partial charge is 0.321 e. The lowest BCUT2D eigenvalue weighted by Gasteiger charge is -2.38. The Hall–Kier alpha value is -3.22. The number of likely N-dealkylation sites (tertiary alicyclic amines) is 1. The molecule has 2 aromatic rings. The van der Waals surface area contributed by atoms with Gasteiger partial charge < -0.3 is 15.3 Å². The number of hydrogen-bond acceptors (Lipinski definition) is 3. The lowest BCUT2D eigenvalue weighted by atomic mass is 9.78. The molecule has 1 saturated heterocycles. The first-order valence-corrected chi connectivity index (χ1v) is 10.6. The number of aliphatic imine (C=N–C) groups is 1. The van der Waals surface area contributed by atoms with Crippen LogP contribution in [0.4, 0.5) is 14.9 Å². The van der Waals surface area contributed by atoms with Gasteiger partial charge in [0.25, 0.3) is 0 Å². The summed E-state index contributed by atoms with van der Waals surface area (Å²) < 4.78 is 13.6. The zero-order chi connectivity index (χ0) is 21.8. The summed E-state index contributed by atoms with van der Waals surface area (Å²) in [5, 5.41) is 12.3. The Morgan fingerprint density at radius 2 is 1.97 bits per heavy atom. The summed E-state index contributed by atoms with van der Waals surface area (Å²) in [7, 11) is 0. The van der Waals surface area contributed by atoms with Gasteiger partial charge in [0.15, 0.2) is 0 Å². The van der Waals surface area contributed by atoms with E-state index in [0.717, 1.165) is 22.5 Å². The van der Waals surface area contributed by atoms with E-state index in [-0.39, 0.29) is 30.1 Å². The second kappa shape index (κ2) is 9.29. The van der Waals surface area contributed by atoms with E-state index in [1.807, 2.05) is 30.3 Å². The molecule has 2 aliphatic rings. The SMILES string of the molecule is O=C(O)CC1CCN(C(=O)Nc2ccccc2)CC1CC1=NCCc2cc(F)ccc21. The number of amides is 2. The second-order valence-electron chi connectivity index (χ2n) is 8.23. The molecule has 7 heteroatoms. The van der Waals surface area contributed by atoms with Gasteiger partial charge in [-0.1, -0.05) is 18.2 Å². The van der Waals surface area contributed by atoms with Gasteiger partial charge in [-0.2, -0.15) is 0 Å². The number of para-hydroxylation sites is 1. The summed E-state index contributed by atoms with van der Waals surface area (Å²) in [5.41, 5.74) is 3.48. The van der Waals surface area contributed by atoms with Gasteiger partial charge in [0.1, 0.15) is 5.82 Å². The fraction of sp³-hybridized carbons (Fsp3) is 0.375. The van der Waals surface area contributed by atoms with Crippen LogP contribution in [0.3, 0.4) is 0 Å². The average molecular weight is 423 g/mol. The number of carboxylic acid groups (broad SMARTS) is 1. The lowest BCUT2D eigenvalue weighted by Crippen LogP contribution is -2.46. The molecule has 0 spiro atoms. The number of nitrogens with zero attached hydrogens (tertiary/aromatic N) is 2. The van der Waals surface area contributed by atoms with Gasteiger partial charge >= 0.3 is 12.0 Å². The summed E-state index contributed by atoms with van der Waals surface area (Å²) in [6.07, 6.45) is 1.97. The molecule has 4 rings (SSSR count). The van der Waals surface area contributed by atoms with E-state index in [1.54, 1.807) is 17.0 Å². The molecule has 2 amide bonds. The summed E-state index contributed by atoms with van der Waals surface area (Å²) in [6.45, 7) is 1.58. The fourth-order valence-electron chi connectivity index (χ4n) is 4.58. The highest BCUT2D eigenvalue weighted by Gasteiger charge is 2.34. The molecule has 2 atom stereocenters. The number of nitrogens with one attached hydrogen (secondary N) is 1. The quantitative estimate of drug-likeness (QED) is 0.756. The molecule has 6 nitrogen and oxygen atoms in total. The van der Waals surface area contributed by atoms with Crippen molar-refractivity contribution >= 4 is 23.4 Å². The van der Waals surface area contributed by atoms with Crippen LogP contribution in [0.15, 0.2) is 53.5 Å². The molecule has 2 aromatic carbocycles. The minimum absolute atomic E-state index is 0.0267. The zero-order valence-corrected chi connectivity index (χ0v) is 17.3. The minimum Gasteiger partial charge on any atom is -0.481 e. The van der Waals surface area contributed by atoms with Gasteiger partial charge in [-0.05, 0) is 72.6 Å². The van der Waals surface area contributed by atoms with E-state index in [0.29, 0.717) is 38.9 Å². The number of aliphatic carboxylic acids is 1. The number of halogens is 1. The first kappa shape index (κ1) is 21.0. The molecule has 2 N–H and O–H groups in total. The highest BCUT2D eigenvalue weighted by Crippen LogP contribution is 2.32. The van der Waals surface area contributed by atoms with Crippen molar-refractivity contribution < 1.29 is 19.1 Å². The van der Waals surface area contributed by atoms with E-state index in [4.69, 9.17) is 0 Å². The maximum absolute atomic E-state index is 13.6. The number of urea groups is 1. The maximum Gasteiger partial charge on any atom is 0.321 e. The van der Waals surface area contributed by atoms with Crippen molar-refractivity contribution in [1.29, 1.82) is 0 Å². The van der Waals surface area contributed by atoms with Crippen molar-refractivity contribution in [1.82, 2.24) is 4.90 Å². The second-order valence-corrected chi connectivity index (χ2v) is 8.23. The number of rotatable bonds is 5. The Balaban J connectivity index is 1.50. The van der Waals surface area contributed by atoms with Crippen LogP contribution >= 0.6 is 0 Å². The van der Waals surface area contributed by atoms with Gasteiger partial charge in [0.2, 0.25) is 0 Å². The predicted molar refractivity (Wildman–Crippen MR) is 117 cm³/mol. The molecule has 0 saturated carbocycles. The number of carbonyl (C=O) groups is 2. The van der Waals surface area contributed by atoms with Crippen molar-refractivity contribution in [2.24, 2.45) is 16.8 Å². The van der Waals surface area contributed by atoms with Crippen LogP contribution in [0.1, 0.15) is 30.4 Å². The van der Waals surface area contributed by atoms with Gasteiger partial charge in [0.05, 0.1) is 0 Å². The highest BCUT2D eigenvalue weighted by molar-refractivity contribution is 6.02. The van der Waals surface area contributed by atoms with Crippen LogP contribution in [0.25, 0.3) is 0 Å². The van der Waals surface area contributed by atoms with Gasteiger partial charge in [0, 0.05) is 37.5 Å². The molecule has 162 valence electrons. The topological polar surface area (TPSA) is 82.0 Å². The monoisotopic (exact) mass is 423 g/mol. The third kappa shape index (κ3) is 5.10. The Morgan fingerprint density at radius 3 is 2.74 bits per heavy atom. The number of benzene rings is 2. The number of carboxylic acids is 1. The van der Waals surface area contributed by atoms with E-state index in [9.17, 15) is 19.1 Å². The largest absolute Gasteiger partial charge is 0.481 e. The predicted octanol–water partition coefficient (Wildman–Crippen LogP) is 4.21.